The van der Waals surface area contributed by atoms with E-state index in [2.05, 4.69) is 134 Å². The number of para-hydroxylation sites is 2. The van der Waals surface area contributed by atoms with Crippen molar-refractivity contribution in [1.82, 2.24) is 0 Å². The maximum Gasteiger partial charge on any atom is 0.260 e. The Bertz CT molecular complexity index is 1940. The Morgan fingerprint density at radius 3 is 2.00 bits per heavy atom. The molecule has 0 N–H and O–H groups in total. The second-order valence-corrected chi connectivity index (χ2v) is 11.8. The summed E-state index contributed by atoms with van der Waals surface area (Å²) in [6.45, 7) is 4.25. The molecule has 3 heterocycles. The van der Waals surface area contributed by atoms with Crippen LogP contribution in [0.2, 0.25) is 0 Å². The van der Waals surface area contributed by atoms with Crippen LogP contribution in [0, 0.1) is 13.8 Å². The zero-order valence-corrected chi connectivity index (χ0v) is 24.0. The monoisotopic (exact) mass is 557 g/mol. The van der Waals surface area contributed by atoms with Crippen LogP contribution < -0.4 is 35.5 Å². The largest absolute Gasteiger partial charge is 0.483 e. The van der Waals surface area contributed by atoms with Crippen LogP contribution >= 0.6 is 0 Å². The van der Waals surface area contributed by atoms with Gasteiger partial charge in [0.2, 0.25) is 0 Å². The fraction of sp³-hybridized carbons (Fsp3) is 0.105. The van der Waals surface area contributed by atoms with Crippen molar-refractivity contribution in [3.8, 4) is 28.7 Å². The Kier molecular flexibility index (Phi) is 5.21. The highest BCUT2D eigenvalue weighted by Crippen LogP contribution is 2.51. The Labute approximate surface area is 251 Å². The van der Waals surface area contributed by atoms with Gasteiger partial charge in [-0.05, 0) is 72.3 Å². The van der Waals surface area contributed by atoms with Gasteiger partial charge in [-0.2, -0.15) is 0 Å². The van der Waals surface area contributed by atoms with Gasteiger partial charge < -0.3 is 19.1 Å². The highest BCUT2D eigenvalue weighted by atomic mass is 16.5. The van der Waals surface area contributed by atoms with Gasteiger partial charge in [-0.1, -0.05) is 72.8 Å². The van der Waals surface area contributed by atoms with E-state index in [0.717, 1.165) is 51.3 Å². The second-order valence-electron chi connectivity index (χ2n) is 11.8. The number of aryl methyl sites for hydroxylation is 2. The molecule has 4 nitrogen and oxygen atoms in total. The molecule has 206 valence electrons. The van der Waals surface area contributed by atoms with Crippen molar-refractivity contribution in [2.75, 3.05) is 4.90 Å². The van der Waals surface area contributed by atoms with E-state index in [-0.39, 0.29) is 18.7 Å². The van der Waals surface area contributed by atoms with E-state index in [0.29, 0.717) is 0 Å². The van der Waals surface area contributed by atoms with Crippen LogP contribution in [-0.4, -0.2) is 12.8 Å². The van der Waals surface area contributed by atoms with Gasteiger partial charge in [-0.3, -0.25) is 0 Å². The van der Waals surface area contributed by atoms with E-state index in [4.69, 9.17) is 14.2 Å². The van der Waals surface area contributed by atoms with Gasteiger partial charge >= 0.3 is 0 Å². The van der Waals surface area contributed by atoms with E-state index in [1.54, 1.807) is 0 Å². The van der Waals surface area contributed by atoms with Crippen molar-refractivity contribution in [2.45, 2.75) is 25.9 Å². The predicted molar refractivity (Wildman–Crippen MR) is 174 cm³/mol. The molecular formula is C38H28BNO3. The molecule has 2 unspecified atom stereocenters. The first-order chi connectivity index (χ1) is 21.1. The predicted octanol–water partition coefficient (Wildman–Crippen LogP) is 7.47. The molecule has 5 heteroatoms. The van der Waals surface area contributed by atoms with E-state index < -0.39 is 0 Å². The summed E-state index contributed by atoms with van der Waals surface area (Å²) in [4.78, 5) is 2.26. The van der Waals surface area contributed by atoms with E-state index in [1.807, 2.05) is 6.07 Å². The number of ether oxygens (including phenoxy) is 3. The van der Waals surface area contributed by atoms with Gasteiger partial charge in [-0.15, -0.1) is 0 Å². The molecule has 4 aliphatic rings. The SMILES string of the molecule is Cc1ccc2c(c1)Oc1cc(N(c3ccccc3)c3cccc4c3OC3C=CC=CC43)cc3c1B2c1ccc(C)cc1O3. The lowest BCUT2D eigenvalue weighted by molar-refractivity contribution is 0.269. The third-order valence-electron chi connectivity index (χ3n) is 9.01. The van der Waals surface area contributed by atoms with Crippen LogP contribution in [0.3, 0.4) is 0 Å². The molecule has 0 saturated heterocycles. The standard InChI is InChI=1S/C38H28BNO3/c1-23-15-17-29-33(19-23)41-35-21-26(22-36-37(35)39(29)30-18-16-24(2)20-34(30)42-36)40(25-9-4-3-5-10-25)31-13-8-12-28-27-11-6-7-14-32(27)43-38(28)31/h3-22,27,32H,1-2H3. The van der Waals surface area contributed by atoms with Crippen LogP contribution in [0.4, 0.5) is 17.1 Å². The molecule has 0 bridgehead atoms. The first-order valence-electron chi connectivity index (χ1n) is 14.9. The lowest BCUT2D eigenvalue weighted by atomic mass is 9.35. The minimum absolute atomic E-state index is 0.00429. The van der Waals surface area contributed by atoms with Crippen molar-refractivity contribution in [2.24, 2.45) is 0 Å². The molecule has 3 aliphatic heterocycles. The van der Waals surface area contributed by atoms with Crippen molar-refractivity contribution >= 4 is 40.2 Å². The maximum absolute atomic E-state index is 6.72. The van der Waals surface area contributed by atoms with Gasteiger partial charge in [0.05, 0.1) is 11.4 Å². The minimum Gasteiger partial charge on any atom is -0.483 e. The number of hydrogen-bond donors (Lipinski definition) is 0. The minimum atomic E-state index is -0.00429. The van der Waals surface area contributed by atoms with Crippen LogP contribution in [0.5, 0.6) is 28.7 Å². The van der Waals surface area contributed by atoms with Crippen LogP contribution in [0.25, 0.3) is 0 Å². The van der Waals surface area contributed by atoms with E-state index in [9.17, 15) is 0 Å². The highest BCUT2D eigenvalue weighted by molar-refractivity contribution is 6.98. The molecule has 0 amide bonds. The first kappa shape index (κ1) is 24.4. The van der Waals surface area contributed by atoms with Crippen molar-refractivity contribution in [3.05, 3.63) is 138 Å². The van der Waals surface area contributed by atoms with Gasteiger partial charge in [0.25, 0.3) is 6.71 Å². The average Bonchev–Trinajstić information content (AvgIpc) is 3.41. The van der Waals surface area contributed by atoms with Crippen molar-refractivity contribution in [1.29, 1.82) is 0 Å². The Balaban J connectivity index is 1.27. The Morgan fingerprint density at radius 2 is 1.30 bits per heavy atom. The van der Waals surface area contributed by atoms with Gasteiger partial charge in [0, 0.05) is 34.8 Å². The van der Waals surface area contributed by atoms with Crippen LogP contribution in [0.1, 0.15) is 22.6 Å². The lowest BCUT2D eigenvalue weighted by Gasteiger charge is -2.35. The number of benzene rings is 5. The quantitative estimate of drug-likeness (QED) is 0.211. The summed E-state index contributed by atoms with van der Waals surface area (Å²) < 4.78 is 20.1. The number of rotatable bonds is 3. The summed E-state index contributed by atoms with van der Waals surface area (Å²) >= 11 is 0. The summed E-state index contributed by atoms with van der Waals surface area (Å²) in [5.41, 5.74) is 9.90. The van der Waals surface area contributed by atoms with Crippen LogP contribution in [-0.2, 0) is 0 Å². The smallest absolute Gasteiger partial charge is 0.260 e. The molecule has 2 atom stereocenters. The van der Waals surface area contributed by atoms with Crippen molar-refractivity contribution < 1.29 is 14.2 Å². The fourth-order valence-electron chi connectivity index (χ4n) is 7.05. The number of anilines is 3. The lowest BCUT2D eigenvalue weighted by Crippen LogP contribution is -2.57. The van der Waals surface area contributed by atoms with E-state index >= 15 is 0 Å². The maximum atomic E-state index is 6.72. The zero-order chi connectivity index (χ0) is 28.7. The van der Waals surface area contributed by atoms with Gasteiger partial charge in [0.15, 0.2) is 0 Å². The molecule has 5 aromatic rings. The van der Waals surface area contributed by atoms with Gasteiger partial charge in [0.1, 0.15) is 34.9 Å². The average molecular weight is 557 g/mol. The molecule has 5 aromatic carbocycles. The van der Waals surface area contributed by atoms with Gasteiger partial charge in [-0.25, -0.2) is 0 Å². The summed E-state index contributed by atoms with van der Waals surface area (Å²) in [6.07, 6.45) is 8.55. The number of nitrogens with zero attached hydrogens (tertiary/aromatic N) is 1. The Morgan fingerprint density at radius 1 is 0.628 bits per heavy atom. The number of hydrogen-bond acceptors (Lipinski definition) is 4. The fourth-order valence-corrected chi connectivity index (χ4v) is 7.05. The second kappa shape index (κ2) is 9.17. The third-order valence-corrected chi connectivity index (χ3v) is 9.01. The summed E-state index contributed by atoms with van der Waals surface area (Å²) in [5.74, 6) is 4.53. The molecule has 0 fully saturated rings. The zero-order valence-electron chi connectivity index (χ0n) is 24.0. The normalized spacial score (nSPS) is 17.9. The topological polar surface area (TPSA) is 30.9 Å². The molecule has 9 rings (SSSR count). The van der Waals surface area contributed by atoms with E-state index in [1.165, 1.54) is 27.6 Å². The molecule has 0 spiro atoms. The van der Waals surface area contributed by atoms with Crippen molar-refractivity contribution in [3.63, 3.8) is 0 Å². The van der Waals surface area contributed by atoms with Crippen LogP contribution in [0.15, 0.2) is 121 Å². The third kappa shape index (κ3) is 3.71. The summed E-state index contributed by atoms with van der Waals surface area (Å²) in [5, 5.41) is 0. The molecule has 0 radical (unpaired) electrons. The molecular weight excluding hydrogens is 529 g/mol. The number of fused-ring (bicyclic) bond motifs is 7. The molecule has 0 aromatic heterocycles. The Hall–Kier alpha value is -5.16. The highest BCUT2D eigenvalue weighted by Gasteiger charge is 2.41. The first-order valence-corrected chi connectivity index (χ1v) is 14.9. The summed E-state index contributed by atoms with van der Waals surface area (Å²) in [7, 11) is 0. The number of allylic oxidation sites excluding steroid dienone is 2. The molecule has 43 heavy (non-hydrogen) atoms. The molecule has 0 saturated carbocycles. The molecule has 1 aliphatic carbocycles. The summed E-state index contributed by atoms with van der Waals surface area (Å²) in [6, 6.07) is 34.3.